The first kappa shape index (κ1) is 17.2. The average Bonchev–Trinajstić information content (AvgIpc) is 3.13. The molecule has 0 bridgehead atoms. The van der Waals surface area contributed by atoms with Crippen molar-refractivity contribution in [1.82, 2.24) is 10.3 Å². The number of carbonyl (C=O) groups is 1. The molecule has 5 heteroatoms. The van der Waals surface area contributed by atoms with Gasteiger partial charge in [0.1, 0.15) is 10.7 Å². The Morgan fingerprint density at radius 3 is 2.56 bits per heavy atom. The van der Waals surface area contributed by atoms with E-state index in [0.29, 0.717) is 12.2 Å². The summed E-state index contributed by atoms with van der Waals surface area (Å²) in [4.78, 5) is 16.6. The van der Waals surface area contributed by atoms with Crippen molar-refractivity contribution in [2.24, 2.45) is 0 Å². The Hall–Kier alpha value is -2.66. The van der Waals surface area contributed by atoms with E-state index in [1.165, 1.54) is 16.9 Å². The number of hydrogen-bond acceptors (Lipinski definition) is 4. The highest BCUT2D eigenvalue weighted by Crippen LogP contribution is 2.23. The first-order valence-corrected chi connectivity index (χ1v) is 9.20. The Kier molecular flexibility index (Phi) is 5.80. The fourth-order valence-electron chi connectivity index (χ4n) is 2.38. The lowest BCUT2D eigenvalue weighted by Crippen LogP contribution is -2.26. The lowest BCUT2D eigenvalue weighted by Gasteiger charge is -2.06. The largest absolute Gasteiger partial charge is 0.385 e. The van der Waals surface area contributed by atoms with Gasteiger partial charge in [-0.15, -0.1) is 11.3 Å². The van der Waals surface area contributed by atoms with Crippen LogP contribution in [-0.2, 0) is 0 Å². The van der Waals surface area contributed by atoms with Crippen LogP contribution >= 0.6 is 11.3 Å². The van der Waals surface area contributed by atoms with E-state index >= 15 is 0 Å². The van der Waals surface area contributed by atoms with Gasteiger partial charge in [0.2, 0.25) is 0 Å². The number of amides is 1. The number of para-hydroxylation sites is 1. The molecule has 0 saturated carbocycles. The summed E-state index contributed by atoms with van der Waals surface area (Å²) in [7, 11) is 0. The maximum atomic E-state index is 12.2. The molecular weight excluding hydrogens is 330 g/mol. The second-order valence-electron chi connectivity index (χ2n) is 5.81. The average molecular weight is 351 g/mol. The molecule has 128 valence electrons. The van der Waals surface area contributed by atoms with Crippen LogP contribution in [0.3, 0.4) is 0 Å². The zero-order valence-electron chi connectivity index (χ0n) is 14.2. The van der Waals surface area contributed by atoms with E-state index < -0.39 is 0 Å². The summed E-state index contributed by atoms with van der Waals surface area (Å²) in [5.41, 5.74) is 3.83. The van der Waals surface area contributed by atoms with E-state index in [-0.39, 0.29) is 5.91 Å². The molecule has 0 radical (unpaired) electrons. The van der Waals surface area contributed by atoms with Crippen LogP contribution in [0.15, 0.2) is 60.0 Å². The second-order valence-corrected chi connectivity index (χ2v) is 6.66. The highest BCUT2D eigenvalue weighted by molar-refractivity contribution is 7.13. The van der Waals surface area contributed by atoms with Crippen molar-refractivity contribution in [2.45, 2.75) is 13.3 Å². The lowest BCUT2D eigenvalue weighted by atomic mass is 10.2. The van der Waals surface area contributed by atoms with E-state index in [4.69, 9.17) is 0 Å². The molecule has 0 aliphatic rings. The molecule has 0 aliphatic carbocycles. The van der Waals surface area contributed by atoms with Gasteiger partial charge in [-0.25, -0.2) is 4.98 Å². The number of carbonyl (C=O) groups excluding carboxylic acids is 1. The third-order valence-corrected chi connectivity index (χ3v) is 4.67. The third-order valence-electron chi connectivity index (χ3n) is 3.78. The molecule has 0 aliphatic heterocycles. The number of aryl methyl sites for hydroxylation is 1. The zero-order chi connectivity index (χ0) is 17.5. The zero-order valence-corrected chi connectivity index (χ0v) is 15.0. The van der Waals surface area contributed by atoms with Crippen LogP contribution in [0.4, 0.5) is 5.69 Å². The van der Waals surface area contributed by atoms with Gasteiger partial charge in [0.15, 0.2) is 0 Å². The molecule has 25 heavy (non-hydrogen) atoms. The molecule has 4 nitrogen and oxygen atoms in total. The van der Waals surface area contributed by atoms with Crippen LogP contribution in [0.25, 0.3) is 10.6 Å². The van der Waals surface area contributed by atoms with Gasteiger partial charge >= 0.3 is 0 Å². The Labute approximate surface area is 151 Å². The number of nitrogens with zero attached hydrogens (tertiary/aromatic N) is 1. The molecule has 0 spiro atoms. The number of nitrogens with one attached hydrogen (secondary N) is 2. The quantitative estimate of drug-likeness (QED) is 0.622. The SMILES string of the molecule is Cc1ccc(-c2nc(C(=O)NCCCNc3ccccc3)cs2)cc1. The summed E-state index contributed by atoms with van der Waals surface area (Å²) in [5.74, 6) is -0.116. The van der Waals surface area contributed by atoms with E-state index in [2.05, 4.69) is 34.7 Å². The van der Waals surface area contributed by atoms with Gasteiger partial charge in [0.05, 0.1) is 0 Å². The van der Waals surface area contributed by atoms with Crippen LogP contribution < -0.4 is 10.6 Å². The van der Waals surface area contributed by atoms with Gasteiger partial charge in [-0.1, -0.05) is 48.0 Å². The molecule has 0 unspecified atom stereocenters. The van der Waals surface area contributed by atoms with Gasteiger partial charge in [0.25, 0.3) is 5.91 Å². The molecule has 1 heterocycles. The minimum absolute atomic E-state index is 0.116. The minimum atomic E-state index is -0.116. The molecule has 0 saturated heterocycles. The van der Waals surface area contributed by atoms with Gasteiger partial charge in [0, 0.05) is 29.7 Å². The number of hydrogen-bond donors (Lipinski definition) is 2. The number of rotatable bonds is 7. The molecular formula is C20H21N3OS. The Balaban J connectivity index is 1.45. The van der Waals surface area contributed by atoms with Crippen molar-refractivity contribution in [3.63, 3.8) is 0 Å². The molecule has 1 amide bonds. The molecule has 3 aromatic rings. The number of benzene rings is 2. The smallest absolute Gasteiger partial charge is 0.270 e. The fourth-order valence-corrected chi connectivity index (χ4v) is 3.18. The standard InChI is InChI=1S/C20H21N3OS/c1-15-8-10-16(11-9-15)20-23-18(14-25-20)19(24)22-13-5-12-21-17-6-3-2-4-7-17/h2-4,6-11,14,21H,5,12-13H2,1H3,(H,22,24). The Morgan fingerprint density at radius 1 is 1.04 bits per heavy atom. The predicted molar refractivity (Wildman–Crippen MR) is 104 cm³/mol. The fraction of sp³-hybridized carbons (Fsp3) is 0.200. The summed E-state index contributed by atoms with van der Waals surface area (Å²) in [5, 5.41) is 8.93. The number of aromatic nitrogens is 1. The summed E-state index contributed by atoms with van der Waals surface area (Å²) in [6.07, 6.45) is 0.857. The Bertz CT molecular complexity index is 812. The lowest BCUT2D eigenvalue weighted by molar-refractivity contribution is 0.0949. The summed E-state index contributed by atoms with van der Waals surface area (Å²) < 4.78 is 0. The molecule has 3 rings (SSSR count). The van der Waals surface area contributed by atoms with Crippen molar-refractivity contribution < 1.29 is 4.79 Å². The van der Waals surface area contributed by atoms with Crippen LogP contribution in [0.5, 0.6) is 0 Å². The topological polar surface area (TPSA) is 54.0 Å². The van der Waals surface area contributed by atoms with Crippen LogP contribution in [0.1, 0.15) is 22.5 Å². The van der Waals surface area contributed by atoms with E-state index in [9.17, 15) is 4.79 Å². The van der Waals surface area contributed by atoms with E-state index in [0.717, 1.165) is 29.2 Å². The van der Waals surface area contributed by atoms with Crippen LogP contribution in [0.2, 0.25) is 0 Å². The summed E-state index contributed by atoms with van der Waals surface area (Å²) >= 11 is 1.49. The van der Waals surface area contributed by atoms with Crippen molar-refractivity contribution in [3.05, 3.63) is 71.2 Å². The maximum Gasteiger partial charge on any atom is 0.270 e. The van der Waals surface area contributed by atoms with Crippen LogP contribution in [-0.4, -0.2) is 24.0 Å². The van der Waals surface area contributed by atoms with Crippen molar-refractivity contribution in [2.75, 3.05) is 18.4 Å². The maximum absolute atomic E-state index is 12.2. The molecule has 2 N–H and O–H groups in total. The number of anilines is 1. The molecule has 0 fully saturated rings. The first-order chi connectivity index (χ1) is 12.2. The third kappa shape index (κ3) is 4.90. The Morgan fingerprint density at radius 2 is 1.80 bits per heavy atom. The van der Waals surface area contributed by atoms with Crippen molar-refractivity contribution in [1.29, 1.82) is 0 Å². The molecule has 2 aromatic carbocycles. The van der Waals surface area contributed by atoms with Gasteiger partial charge in [-0.05, 0) is 25.5 Å². The van der Waals surface area contributed by atoms with Gasteiger partial charge < -0.3 is 10.6 Å². The number of thiazole rings is 1. The van der Waals surface area contributed by atoms with E-state index in [1.54, 1.807) is 0 Å². The van der Waals surface area contributed by atoms with Gasteiger partial charge in [-0.3, -0.25) is 4.79 Å². The van der Waals surface area contributed by atoms with Crippen LogP contribution in [0, 0.1) is 6.92 Å². The monoisotopic (exact) mass is 351 g/mol. The normalized spacial score (nSPS) is 10.4. The van der Waals surface area contributed by atoms with Crippen molar-refractivity contribution >= 4 is 22.9 Å². The van der Waals surface area contributed by atoms with E-state index in [1.807, 2.05) is 47.8 Å². The first-order valence-electron chi connectivity index (χ1n) is 8.32. The molecule has 1 aromatic heterocycles. The van der Waals surface area contributed by atoms with Gasteiger partial charge in [-0.2, -0.15) is 0 Å². The summed E-state index contributed by atoms with van der Waals surface area (Å²) in [6, 6.07) is 18.2. The highest BCUT2D eigenvalue weighted by Gasteiger charge is 2.11. The second kappa shape index (κ2) is 8.44. The molecule has 0 atom stereocenters. The summed E-state index contributed by atoms with van der Waals surface area (Å²) in [6.45, 7) is 3.49. The minimum Gasteiger partial charge on any atom is -0.385 e. The predicted octanol–water partition coefficient (Wildman–Crippen LogP) is 4.35. The van der Waals surface area contributed by atoms with Crippen molar-refractivity contribution in [3.8, 4) is 10.6 Å². The highest BCUT2D eigenvalue weighted by atomic mass is 32.1.